The molecule has 0 spiro atoms. The summed E-state index contributed by atoms with van der Waals surface area (Å²) in [6.45, 7) is 1.64. The van der Waals surface area contributed by atoms with Gasteiger partial charge in [0.25, 0.3) is 0 Å². The monoisotopic (exact) mass is 299 g/mol. The third-order valence-corrected chi connectivity index (χ3v) is 3.11. The molecular weight excluding hydrogens is 286 g/mol. The first-order valence-corrected chi connectivity index (χ1v) is 6.23. The number of benzene rings is 2. The number of hydrogen-bond acceptors (Lipinski definition) is 2. The van der Waals surface area contributed by atoms with E-state index in [1.54, 1.807) is 6.92 Å². The number of nitrogens with one attached hydrogen (secondary N) is 1. The van der Waals surface area contributed by atoms with Crippen molar-refractivity contribution in [2.45, 2.75) is 19.5 Å². The van der Waals surface area contributed by atoms with Crippen LogP contribution < -0.4 is 5.32 Å². The minimum Gasteiger partial charge on any atom is -0.503 e. The first kappa shape index (κ1) is 15.3. The predicted molar refractivity (Wildman–Crippen MR) is 69.6 cm³/mol. The Morgan fingerprint density at radius 2 is 1.62 bits per heavy atom. The van der Waals surface area contributed by atoms with Crippen molar-refractivity contribution >= 4 is 0 Å². The first-order valence-electron chi connectivity index (χ1n) is 6.23. The van der Waals surface area contributed by atoms with Gasteiger partial charge in [0.2, 0.25) is 0 Å². The lowest BCUT2D eigenvalue weighted by Gasteiger charge is -2.15. The van der Waals surface area contributed by atoms with Gasteiger partial charge < -0.3 is 10.4 Å². The van der Waals surface area contributed by atoms with E-state index in [-0.39, 0.29) is 17.7 Å². The Labute approximate surface area is 119 Å². The summed E-state index contributed by atoms with van der Waals surface area (Å²) in [7, 11) is 0. The van der Waals surface area contributed by atoms with Gasteiger partial charge in [0.05, 0.1) is 0 Å². The first-order chi connectivity index (χ1) is 9.88. The normalized spacial score (nSPS) is 12.4. The lowest BCUT2D eigenvalue weighted by molar-refractivity contribution is 0.394. The molecule has 2 rings (SSSR count). The average Bonchev–Trinajstić information content (AvgIpc) is 2.44. The Morgan fingerprint density at radius 1 is 1.00 bits per heavy atom. The molecule has 1 atom stereocenters. The highest BCUT2D eigenvalue weighted by atomic mass is 19.1. The van der Waals surface area contributed by atoms with Crippen LogP contribution in [0.4, 0.5) is 17.6 Å². The summed E-state index contributed by atoms with van der Waals surface area (Å²) >= 11 is 0. The summed E-state index contributed by atoms with van der Waals surface area (Å²) in [5.41, 5.74) is 0.362. The van der Waals surface area contributed by atoms with E-state index < -0.39 is 35.1 Å². The van der Waals surface area contributed by atoms with Crippen LogP contribution in [0.25, 0.3) is 0 Å². The number of phenols is 1. The fourth-order valence-corrected chi connectivity index (χ4v) is 1.95. The number of halogens is 4. The van der Waals surface area contributed by atoms with Crippen LogP contribution in [0.1, 0.15) is 24.1 Å². The molecule has 2 aromatic carbocycles. The van der Waals surface area contributed by atoms with Crippen molar-refractivity contribution in [3.63, 3.8) is 0 Å². The molecule has 0 bridgehead atoms. The molecule has 2 nitrogen and oxygen atoms in total. The van der Waals surface area contributed by atoms with Gasteiger partial charge in [0.15, 0.2) is 17.4 Å². The summed E-state index contributed by atoms with van der Waals surface area (Å²) < 4.78 is 53.0. The van der Waals surface area contributed by atoms with Crippen LogP contribution in [0.15, 0.2) is 30.3 Å². The van der Waals surface area contributed by atoms with Gasteiger partial charge in [-0.25, -0.2) is 17.6 Å². The highest BCUT2D eigenvalue weighted by molar-refractivity contribution is 5.30. The molecule has 0 aliphatic heterocycles. The second kappa shape index (κ2) is 6.13. The van der Waals surface area contributed by atoms with E-state index >= 15 is 0 Å². The van der Waals surface area contributed by atoms with E-state index in [1.807, 2.05) is 0 Å². The van der Waals surface area contributed by atoms with E-state index in [2.05, 4.69) is 5.32 Å². The van der Waals surface area contributed by atoms with Crippen molar-refractivity contribution in [1.82, 2.24) is 5.32 Å². The maximum Gasteiger partial charge on any atom is 0.187 e. The van der Waals surface area contributed by atoms with Crippen molar-refractivity contribution in [2.75, 3.05) is 0 Å². The highest BCUT2D eigenvalue weighted by Gasteiger charge is 2.13. The molecule has 0 radical (unpaired) electrons. The molecule has 2 aromatic rings. The minimum absolute atomic E-state index is 0.0330. The summed E-state index contributed by atoms with van der Waals surface area (Å²) in [4.78, 5) is 0. The SMILES string of the molecule is CC(NCc1cc(F)c(O)c(F)c1)c1cc(F)ccc1F. The standard InChI is InChI=1S/C15H13F4NO/c1-8(11-6-10(16)2-3-12(11)17)20-7-9-4-13(18)15(21)14(19)5-9/h2-6,8,20-21H,7H2,1H3. The summed E-state index contributed by atoms with van der Waals surface area (Å²) in [6.07, 6.45) is 0. The smallest absolute Gasteiger partial charge is 0.187 e. The van der Waals surface area contributed by atoms with Crippen LogP contribution in [-0.2, 0) is 6.54 Å². The fraction of sp³-hybridized carbons (Fsp3) is 0.200. The van der Waals surface area contributed by atoms with Gasteiger partial charge in [0, 0.05) is 18.2 Å². The number of rotatable bonds is 4. The quantitative estimate of drug-likeness (QED) is 0.842. The number of phenolic OH excluding ortho intramolecular Hbond substituents is 1. The fourth-order valence-electron chi connectivity index (χ4n) is 1.95. The zero-order valence-electron chi connectivity index (χ0n) is 11.1. The zero-order chi connectivity index (χ0) is 15.6. The van der Waals surface area contributed by atoms with Crippen molar-refractivity contribution in [1.29, 1.82) is 0 Å². The van der Waals surface area contributed by atoms with Crippen LogP contribution in [0.3, 0.4) is 0 Å². The second-order valence-corrected chi connectivity index (χ2v) is 4.68. The summed E-state index contributed by atoms with van der Waals surface area (Å²) in [5.74, 6) is -4.32. The maximum absolute atomic E-state index is 13.6. The Hall–Kier alpha value is -2.08. The molecule has 0 aliphatic carbocycles. The van der Waals surface area contributed by atoms with Crippen molar-refractivity contribution < 1.29 is 22.7 Å². The summed E-state index contributed by atoms with van der Waals surface area (Å²) in [5, 5.41) is 11.8. The lowest BCUT2D eigenvalue weighted by Crippen LogP contribution is -2.19. The van der Waals surface area contributed by atoms with Crippen LogP contribution in [0, 0.1) is 23.3 Å². The lowest BCUT2D eigenvalue weighted by atomic mass is 10.1. The largest absolute Gasteiger partial charge is 0.503 e. The molecule has 6 heteroatoms. The molecular formula is C15H13F4NO. The Bertz CT molecular complexity index is 637. The molecule has 0 fully saturated rings. The number of hydrogen-bond donors (Lipinski definition) is 2. The third kappa shape index (κ3) is 3.52. The second-order valence-electron chi connectivity index (χ2n) is 4.68. The molecule has 21 heavy (non-hydrogen) atoms. The molecule has 0 heterocycles. The molecule has 1 unspecified atom stereocenters. The molecule has 0 aliphatic rings. The molecule has 0 saturated heterocycles. The minimum atomic E-state index is -1.07. The molecule has 2 N–H and O–H groups in total. The highest BCUT2D eigenvalue weighted by Crippen LogP contribution is 2.22. The topological polar surface area (TPSA) is 32.3 Å². The van der Waals surface area contributed by atoms with Crippen LogP contribution in [-0.4, -0.2) is 5.11 Å². The van der Waals surface area contributed by atoms with E-state index in [1.165, 1.54) is 0 Å². The van der Waals surface area contributed by atoms with Crippen LogP contribution >= 0.6 is 0 Å². The van der Waals surface area contributed by atoms with Gasteiger partial charge in [-0.1, -0.05) is 0 Å². The average molecular weight is 299 g/mol. The van der Waals surface area contributed by atoms with Gasteiger partial charge in [-0.05, 0) is 42.8 Å². The molecule has 0 saturated carbocycles. The maximum atomic E-state index is 13.6. The van der Waals surface area contributed by atoms with Crippen molar-refractivity contribution in [3.05, 3.63) is 64.7 Å². The van der Waals surface area contributed by atoms with Crippen LogP contribution in [0.2, 0.25) is 0 Å². The molecule has 112 valence electrons. The van der Waals surface area contributed by atoms with Crippen molar-refractivity contribution in [3.8, 4) is 5.75 Å². The van der Waals surface area contributed by atoms with Gasteiger partial charge in [0.1, 0.15) is 11.6 Å². The number of aromatic hydroxyl groups is 1. The van der Waals surface area contributed by atoms with Gasteiger partial charge >= 0.3 is 0 Å². The molecule has 0 aromatic heterocycles. The van der Waals surface area contributed by atoms with Gasteiger partial charge in [-0.15, -0.1) is 0 Å². The van der Waals surface area contributed by atoms with Crippen LogP contribution in [0.5, 0.6) is 5.75 Å². The zero-order valence-corrected chi connectivity index (χ0v) is 11.1. The van der Waals surface area contributed by atoms with Gasteiger partial charge in [-0.2, -0.15) is 0 Å². The van der Waals surface area contributed by atoms with E-state index in [0.717, 1.165) is 30.3 Å². The summed E-state index contributed by atoms with van der Waals surface area (Å²) in [6, 6.07) is 4.48. The predicted octanol–water partition coefficient (Wildman–Crippen LogP) is 3.80. The Balaban J connectivity index is 2.11. The molecule has 0 amide bonds. The van der Waals surface area contributed by atoms with E-state index in [9.17, 15) is 17.6 Å². The third-order valence-electron chi connectivity index (χ3n) is 3.11. The van der Waals surface area contributed by atoms with E-state index in [0.29, 0.717) is 0 Å². The van der Waals surface area contributed by atoms with Crippen molar-refractivity contribution in [2.24, 2.45) is 0 Å². The van der Waals surface area contributed by atoms with Gasteiger partial charge in [-0.3, -0.25) is 0 Å². The Kier molecular flexibility index (Phi) is 4.47. The Morgan fingerprint density at radius 3 is 2.24 bits per heavy atom. The van der Waals surface area contributed by atoms with E-state index in [4.69, 9.17) is 5.11 Å².